The van der Waals surface area contributed by atoms with E-state index in [1.54, 1.807) is 6.26 Å². The van der Waals surface area contributed by atoms with E-state index in [9.17, 15) is 0 Å². The van der Waals surface area contributed by atoms with Crippen molar-refractivity contribution in [1.29, 1.82) is 0 Å². The second kappa shape index (κ2) is 7.48. The number of nitrogens with zero attached hydrogens (tertiary/aromatic N) is 2. The molecular weight excluding hydrogens is 348 g/mol. The summed E-state index contributed by atoms with van der Waals surface area (Å²) < 4.78 is 5.36. The average molecular weight is 369 g/mol. The fourth-order valence-electron chi connectivity index (χ4n) is 3.66. The summed E-state index contributed by atoms with van der Waals surface area (Å²) in [5.41, 5.74) is 1.94. The van der Waals surface area contributed by atoms with Crippen LogP contribution in [-0.4, -0.2) is 23.1 Å². The number of nitrogens with one attached hydrogen (secondary N) is 2. The van der Waals surface area contributed by atoms with E-state index in [0.29, 0.717) is 12.5 Å². The minimum absolute atomic E-state index is 0.201. The van der Waals surface area contributed by atoms with Crippen LogP contribution in [0.5, 0.6) is 0 Å². The van der Waals surface area contributed by atoms with E-state index in [2.05, 4.69) is 21.7 Å². The van der Waals surface area contributed by atoms with Gasteiger partial charge in [0.05, 0.1) is 18.5 Å². The topological polar surface area (TPSA) is 63.0 Å². The van der Waals surface area contributed by atoms with Gasteiger partial charge in [-0.25, -0.2) is 9.97 Å². The van der Waals surface area contributed by atoms with Crippen molar-refractivity contribution in [2.24, 2.45) is 0 Å². The van der Waals surface area contributed by atoms with Gasteiger partial charge in [0, 0.05) is 16.6 Å². The van der Waals surface area contributed by atoms with E-state index < -0.39 is 0 Å². The second-order valence-electron chi connectivity index (χ2n) is 6.51. The maximum absolute atomic E-state index is 6.57. The van der Waals surface area contributed by atoms with Gasteiger partial charge in [0.2, 0.25) is 5.95 Å². The van der Waals surface area contributed by atoms with Crippen molar-refractivity contribution in [1.82, 2.24) is 15.3 Å². The average Bonchev–Trinajstić information content (AvgIpc) is 3.21. The Morgan fingerprint density at radius 2 is 1.96 bits per heavy atom. The molecule has 3 heterocycles. The van der Waals surface area contributed by atoms with Crippen molar-refractivity contribution in [2.75, 3.05) is 18.4 Å². The molecule has 1 saturated heterocycles. The summed E-state index contributed by atoms with van der Waals surface area (Å²) in [6, 6.07) is 13.9. The van der Waals surface area contributed by atoms with E-state index >= 15 is 0 Å². The Hall–Kier alpha value is -2.37. The smallest absolute Gasteiger partial charge is 0.223 e. The highest BCUT2D eigenvalue weighted by atomic mass is 35.5. The van der Waals surface area contributed by atoms with Gasteiger partial charge in [0.25, 0.3) is 0 Å². The molecule has 3 aromatic rings. The molecule has 1 aromatic carbocycles. The molecule has 2 aromatic heterocycles. The highest BCUT2D eigenvalue weighted by Gasteiger charge is 2.38. The van der Waals surface area contributed by atoms with Crippen molar-refractivity contribution in [2.45, 2.75) is 24.8 Å². The first-order valence-corrected chi connectivity index (χ1v) is 9.21. The number of hydrogen-bond donors (Lipinski definition) is 2. The van der Waals surface area contributed by atoms with E-state index in [1.165, 1.54) is 0 Å². The first-order valence-electron chi connectivity index (χ1n) is 8.83. The van der Waals surface area contributed by atoms with Gasteiger partial charge in [0.15, 0.2) is 0 Å². The fraction of sp³-hybridized carbons (Fsp3) is 0.300. The summed E-state index contributed by atoms with van der Waals surface area (Å²) >= 11 is 6.57. The molecule has 6 heteroatoms. The van der Waals surface area contributed by atoms with E-state index in [4.69, 9.17) is 21.0 Å². The predicted octanol–water partition coefficient (Wildman–Crippen LogP) is 4.00. The number of anilines is 1. The molecule has 0 amide bonds. The molecule has 1 aliphatic rings. The van der Waals surface area contributed by atoms with Gasteiger partial charge in [-0.2, -0.15) is 0 Å². The molecule has 0 unspecified atom stereocenters. The largest absolute Gasteiger partial charge is 0.467 e. The van der Waals surface area contributed by atoms with Crippen LogP contribution >= 0.6 is 11.6 Å². The third-order valence-electron chi connectivity index (χ3n) is 4.99. The summed E-state index contributed by atoms with van der Waals surface area (Å²) in [6.45, 7) is 2.42. The third kappa shape index (κ3) is 3.32. The highest BCUT2D eigenvalue weighted by molar-refractivity contribution is 6.31. The van der Waals surface area contributed by atoms with Crippen LogP contribution in [0.25, 0.3) is 0 Å². The van der Waals surface area contributed by atoms with Crippen molar-refractivity contribution >= 4 is 17.5 Å². The zero-order chi connectivity index (χ0) is 17.8. The van der Waals surface area contributed by atoms with Gasteiger partial charge in [-0.15, -0.1) is 0 Å². The lowest BCUT2D eigenvalue weighted by molar-refractivity contribution is 0.354. The Bertz CT molecular complexity index is 860. The second-order valence-corrected chi connectivity index (χ2v) is 6.92. The Balaban J connectivity index is 1.68. The maximum atomic E-state index is 6.57. The maximum Gasteiger partial charge on any atom is 0.223 e. The summed E-state index contributed by atoms with van der Waals surface area (Å²) in [6.07, 6.45) is 5.37. The predicted molar refractivity (Wildman–Crippen MR) is 102 cm³/mol. The van der Waals surface area contributed by atoms with Crippen LogP contribution < -0.4 is 10.6 Å². The summed E-state index contributed by atoms with van der Waals surface area (Å²) in [5.74, 6) is 1.45. The molecule has 0 spiro atoms. The molecule has 1 fully saturated rings. The molecule has 26 heavy (non-hydrogen) atoms. The van der Waals surface area contributed by atoms with Crippen LogP contribution in [0.3, 0.4) is 0 Å². The number of piperidine rings is 1. The minimum atomic E-state index is -0.201. The number of rotatable bonds is 5. The van der Waals surface area contributed by atoms with Gasteiger partial charge in [-0.1, -0.05) is 29.8 Å². The van der Waals surface area contributed by atoms with E-state index in [1.807, 2.05) is 42.6 Å². The van der Waals surface area contributed by atoms with Crippen LogP contribution in [0.1, 0.15) is 29.9 Å². The van der Waals surface area contributed by atoms with Crippen molar-refractivity contribution in [3.8, 4) is 0 Å². The quantitative estimate of drug-likeness (QED) is 0.712. The molecule has 4 rings (SSSR count). The van der Waals surface area contributed by atoms with Gasteiger partial charge in [0.1, 0.15) is 5.76 Å². The van der Waals surface area contributed by atoms with Gasteiger partial charge in [-0.3, -0.25) is 0 Å². The van der Waals surface area contributed by atoms with Gasteiger partial charge in [-0.05, 0) is 55.8 Å². The Kier molecular flexibility index (Phi) is 4.91. The summed E-state index contributed by atoms with van der Waals surface area (Å²) in [4.78, 5) is 9.20. The molecule has 0 aliphatic carbocycles. The van der Waals surface area contributed by atoms with Crippen molar-refractivity contribution in [3.05, 3.63) is 77.0 Å². The van der Waals surface area contributed by atoms with Gasteiger partial charge < -0.3 is 15.1 Å². The highest BCUT2D eigenvalue weighted by Crippen LogP contribution is 2.42. The number of aromatic nitrogens is 2. The number of halogens is 1. The first kappa shape index (κ1) is 17.1. The fourth-order valence-corrected chi connectivity index (χ4v) is 3.97. The lowest BCUT2D eigenvalue weighted by Gasteiger charge is -2.38. The van der Waals surface area contributed by atoms with E-state index in [0.717, 1.165) is 48.0 Å². The first-order chi connectivity index (χ1) is 12.8. The molecule has 0 atom stereocenters. The van der Waals surface area contributed by atoms with Crippen LogP contribution in [0.2, 0.25) is 5.02 Å². The summed E-state index contributed by atoms with van der Waals surface area (Å²) in [7, 11) is 0. The monoisotopic (exact) mass is 368 g/mol. The molecular formula is C20H21ClN4O. The van der Waals surface area contributed by atoms with E-state index in [-0.39, 0.29) is 5.41 Å². The number of benzene rings is 1. The summed E-state index contributed by atoms with van der Waals surface area (Å²) in [5, 5.41) is 7.48. The molecule has 2 N–H and O–H groups in total. The zero-order valence-electron chi connectivity index (χ0n) is 14.4. The van der Waals surface area contributed by atoms with Crippen LogP contribution in [0.4, 0.5) is 5.95 Å². The molecule has 0 saturated carbocycles. The molecule has 134 valence electrons. The third-order valence-corrected chi connectivity index (χ3v) is 5.32. The van der Waals surface area contributed by atoms with Crippen molar-refractivity contribution < 1.29 is 4.42 Å². The van der Waals surface area contributed by atoms with Gasteiger partial charge >= 0.3 is 0 Å². The zero-order valence-corrected chi connectivity index (χ0v) is 15.2. The Morgan fingerprint density at radius 1 is 1.12 bits per heavy atom. The van der Waals surface area contributed by atoms with Crippen LogP contribution in [0.15, 0.2) is 59.3 Å². The van der Waals surface area contributed by atoms with Crippen LogP contribution in [0, 0.1) is 0 Å². The van der Waals surface area contributed by atoms with Crippen molar-refractivity contribution in [3.63, 3.8) is 0 Å². The SMILES string of the molecule is Clc1ccccc1C1(c2ccnc(NCc3ccco3)n2)CCNCC1. The molecule has 0 radical (unpaired) electrons. The lowest BCUT2D eigenvalue weighted by Crippen LogP contribution is -2.41. The molecule has 1 aliphatic heterocycles. The molecule has 0 bridgehead atoms. The number of furan rings is 1. The number of hydrogen-bond acceptors (Lipinski definition) is 5. The Labute approximate surface area is 157 Å². The minimum Gasteiger partial charge on any atom is -0.467 e. The lowest BCUT2D eigenvalue weighted by atomic mass is 9.70. The van der Waals surface area contributed by atoms with Crippen LogP contribution in [-0.2, 0) is 12.0 Å². The standard InChI is InChI=1S/C20H21ClN4O/c21-17-6-2-1-5-16(17)20(8-11-22-12-9-20)18-7-10-23-19(25-18)24-14-15-4-3-13-26-15/h1-7,10,13,22H,8-9,11-12,14H2,(H,23,24,25). The Morgan fingerprint density at radius 3 is 2.73 bits per heavy atom. The molecule has 5 nitrogen and oxygen atoms in total. The normalized spacial score (nSPS) is 16.3.